The van der Waals surface area contributed by atoms with Crippen LogP contribution < -0.4 is 14.4 Å². The molecular formula is C27H30N2O8. The molecule has 2 heterocycles. The van der Waals surface area contributed by atoms with Gasteiger partial charge in [0.2, 0.25) is 0 Å². The number of benzene rings is 2. The minimum absolute atomic E-state index is 0.0285. The molecule has 3 aromatic rings. The Morgan fingerprint density at radius 1 is 1.14 bits per heavy atom. The van der Waals surface area contributed by atoms with Crippen LogP contribution in [0.4, 0.5) is 5.69 Å². The molecule has 1 atom stereocenters. The highest BCUT2D eigenvalue weighted by Crippen LogP contribution is 2.44. The lowest BCUT2D eigenvalue weighted by molar-refractivity contribution is -0.175. The number of hydrogen-bond acceptors (Lipinski definition) is 8. The molecule has 0 fully saturated rings. The fourth-order valence-corrected chi connectivity index (χ4v) is 4.18. The minimum Gasteiger partial charge on any atom is -0.481 e. The summed E-state index contributed by atoms with van der Waals surface area (Å²) >= 11 is 0. The van der Waals surface area contributed by atoms with E-state index in [4.69, 9.17) is 28.6 Å². The van der Waals surface area contributed by atoms with Crippen LogP contribution in [-0.4, -0.2) is 54.3 Å². The average molecular weight is 511 g/mol. The molecule has 1 unspecified atom stereocenters. The lowest BCUT2D eigenvalue weighted by Gasteiger charge is -2.31. The number of nitrogens with zero attached hydrogens (tertiary/aromatic N) is 2. The van der Waals surface area contributed by atoms with Crippen LogP contribution in [0.15, 0.2) is 40.9 Å². The zero-order valence-electron chi connectivity index (χ0n) is 21.7. The van der Waals surface area contributed by atoms with Crippen molar-refractivity contribution in [3.63, 3.8) is 0 Å². The minimum atomic E-state index is -1.16. The Morgan fingerprint density at radius 2 is 1.89 bits per heavy atom. The van der Waals surface area contributed by atoms with Crippen molar-refractivity contribution in [3.05, 3.63) is 53.4 Å². The molecule has 1 aliphatic heterocycles. The van der Waals surface area contributed by atoms with Crippen LogP contribution in [0.2, 0.25) is 0 Å². The number of carbonyl (C=O) groups is 2. The molecule has 1 aliphatic rings. The molecule has 196 valence electrons. The SMILES string of the molecule is COC(CN1C(=O)c2c(OCC(=O)O)cccc2Oc2ccc(-c3c(C)noc3C)cc21)OC(C)(C)C. The van der Waals surface area contributed by atoms with Crippen molar-refractivity contribution in [3.8, 4) is 28.4 Å². The largest absolute Gasteiger partial charge is 0.481 e. The van der Waals surface area contributed by atoms with Crippen molar-refractivity contribution in [1.29, 1.82) is 0 Å². The van der Waals surface area contributed by atoms with Gasteiger partial charge in [-0.05, 0) is 64.4 Å². The molecule has 10 heteroatoms. The zero-order valence-corrected chi connectivity index (χ0v) is 21.7. The van der Waals surface area contributed by atoms with Crippen LogP contribution in [0.5, 0.6) is 17.2 Å². The summed E-state index contributed by atoms with van der Waals surface area (Å²) in [7, 11) is 1.51. The average Bonchev–Trinajstić information content (AvgIpc) is 3.11. The fourth-order valence-electron chi connectivity index (χ4n) is 4.18. The Hall–Kier alpha value is -3.89. The molecular weight excluding hydrogens is 480 g/mol. The molecule has 0 spiro atoms. The maximum atomic E-state index is 14.1. The molecule has 2 aromatic carbocycles. The number of ether oxygens (including phenoxy) is 4. The third kappa shape index (κ3) is 5.60. The summed E-state index contributed by atoms with van der Waals surface area (Å²) < 4.78 is 28.6. The summed E-state index contributed by atoms with van der Waals surface area (Å²) in [5.41, 5.74) is 2.35. The molecule has 0 bridgehead atoms. The first-order valence-electron chi connectivity index (χ1n) is 11.7. The molecule has 0 radical (unpaired) electrons. The smallest absolute Gasteiger partial charge is 0.341 e. The van der Waals surface area contributed by atoms with Gasteiger partial charge in [0.15, 0.2) is 18.6 Å². The van der Waals surface area contributed by atoms with E-state index >= 15 is 0 Å². The van der Waals surface area contributed by atoms with E-state index in [0.717, 1.165) is 11.1 Å². The molecule has 4 rings (SSSR count). The summed E-state index contributed by atoms with van der Waals surface area (Å²) in [4.78, 5) is 26.7. The summed E-state index contributed by atoms with van der Waals surface area (Å²) in [5.74, 6) is -0.217. The number of carboxylic acids is 1. The number of aromatic nitrogens is 1. The van der Waals surface area contributed by atoms with E-state index in [9.17, 15) is 9.59 Å². The molecule has 1 amide bonds. The predicted octanol–water partition coefficient (Wildman–Crippen LogP) is 4.96. The van der Waals surface area contributed by atoms with Crippen molar-refractivity contribution in [2.45, 2.75) is 46.5 Å². The molecule has 0 saturated heterocycles. The number of hydrogen-bond donors (Lipinski definition) is 1. The van der Waals surface area contributed by atoms with Crippen molar-refractivity contribution in [2.24, 2.45) is 0 Å². The van der Waals surface area contributed by atoms with Gasteiger partial charge in [-0.15, -0.1) is 0 Å². The second-order valence-electron chi connectivity index (χ2n) is 9.61. The summed E-state index contributed by atoms with van der Waals surface area (Å²) in [5, 5.41) is 13.2. The van der Waals surface area contributed by atoms with Crippen molar-refractivity contribution >= 4 is 17.6 Å². The van der Waals surface area contributed by atoms with E-state index in [1.807, 2.05) is 46.8 Å². The first-order chi connectivity index (χ1) is 17.5. The third-order valence-electron chi connectivity index (χ3n) is 5.67. The maximum Gasteiger partial charge on any atom is 0.341 e. The van der Waals surface area contributed by atoms with Gasteiger partial charge >= 0.3 is 5.97 Å². The molecule has 0 saturated carbocycles. The second kappa shape index (κ2) is 10.2. The number of rotatable bonds is 8. The molecule has 10 nitrogen and oxygen atoms in total. The lowest BCUT2D eigenvalue weighted by atomic mass is 10.0. The highest BCUT2D eigenvalue weighted by atomic mass is 16.7. The Morgan fingerprint density at radius 3 is 2.51 bits per heavy atom. The molecule has 1 aromatic heterocycles. The second-order valence-corrected chi connectivity index (χ2v) is 9.61. The van der Waals surface area contributed by atoms with Gasteiger partial charge in [0.25, 0.3) is 5.91 Å². The van der Waals surface area contributed by atoms with E-state index in [2.05, 4.69) is 5.16 Å². The van der Waals surface area contributed by atoms with E-state index in [1.165, 1.54) is 18.1 Å². The molecule has 0 aliphatic carbocycles. The fraction of sp³-hybridized carbons (Fsp3) is 0.370. The van der Waals surface area contributed by atoms with Crippen LogP contribution in [0.3, 0.4) is 0 Å². The van der Waals surface area contributed by atoms with E-state index in [1.54, 1.807) is 18.2 Å². The Bertz CT molecular complexity index is 1300. The standard InChI is InChI=1S/C27H30N2O8/c1-15-24(16(2)37-28-15)17-10-11-19-18(12-17)29(13-23(33-6)36-27(3,4)5)26(32)25-20(34-14-22(30)31)8-7-9-21(25)35-19/h7-12,23H,13-14H2,1-6H3,(H,30,31). The number of carbonyl (C=O) groups excluding carboxylic acids is 1. The van der Waals surface area contributed by atoms with Gasteiger partial charge in [0, 0.05) is 12.7 Å². The monoisotopic (exact) mass is 510 g/mol. The first kappa shape index (κ1) is 26.2. The van der Waals surface area contributed by atoms with Gasteiger partial charge in [0.1, 0.15) is 22.8 Å². The first-order valence-corrected chi connectivity index (χ1v) is 11.7. The van der Waals surface area contributed by atoms with Crippen molar-refractivity contribution < 1.29 is 38.2 Å². The quantitative estimate of drug-likeness (QED) is 0.419. The van der Waals surface area contributed by atoms with E-state index < -0.39 is 30.4 Å². The van der Waals surface area contributed by atoms with Gasteiger partial charge in [-0.2, -0.15) is 0 Å². The zero-order chi connectivity index (χ0) is 26.9. The highest BCUT2D eigenvalue weighted by molar-refractivity contribution is 6.11. The van der Waals surface area contributed by atoms with Gasteiger partial charge in [-0.25, -0.2) is 4.79 Å². The Labute approximate surface area is 214 Å². The van der Waals surface area contributed by atoms with Crippen LogP contribution >= 0.6 is 0 Å². The normalized spacial score (nSPS) is 13.9. The van der Waals surface area contributed by atoms with E-state index in [-0.39, 0.29) is 23.6 Å². The van der Waals surface area contributed by atoms with Crippen LogP contribution in [0, 0.1) is 13.8 Å². The van der Waals surface area contributed by atoms with Gasteiger partial charge in [-0.3, -0.25) is 9.69 Å². The lowest BCUT2D eigenvalue weighted by Crippen LogP contribution is -2.42. The number of fused-ring (bicyclic) bond motifs is 2. The topological polar surface area (TPSA) is 121 Å². The van der Waals surface area contributed by atoms with Crippen molar-refractivity contribution in [2.75, 3.05) is 25.2 Å². The number of aliphatic carboxylic acids is 1. The van der Waals surface area contributed by atoms with Gasteiger partial charge in [0.05, 0.1) is 23.5 Å². The number of carboxylic acid groups (broad SMARTS) is 1. The van der Waals surface area contributed by atoms with Crippen LogP contribution in [0.25, 0.3) is 11.1 Å². The van der Waals surface area contributed by atoms with Gasteiger partial charge < -0.3 is 28.6 Å². The third-order valence-corrected chi connectivity index (χ3v) is 5.67. The van der Waals surface area contributed by atoms with Gasteiger partial charge in [-0.1, -0.05) is 17.3 Å². The van der Waals surface area contributed by atoms with E-state index in [0.29, 0.717) is 22.9 Å². The molecule has 37 heavy (non-hydrogen) atoms. The maximum absolute atomic E-state index is 14.1. The van der Waals surface area contributed by atoms with Crippen LogP contribution in [-0.2, 0) is 14.3 Å². The Balaban J connectivity index is 1.86. The summed E-state index contributed by atoms with van der Waals surface area (Å²) in [6, 6.07) is 10.3. The van der Waals surface area contributed by atoms with Crippen LogP contribution in [0.1, 0.15) is 42.6 Å². The summed E-state index contributed by atoms with van der Waals surface area (Å²) in [6.45, 7) is 8.76. The summed E-state index contributed by atoms with van der Waals surface area (Å²) in [6.07, 6.45) is -0.770. The predicted molar refractivity (Wildman–Crippen MR) is 134 cm³/mol. The number of methoxy groups -OCH3 is 1. The number of anilines is 1. The number of amides is 1. The molecule has 1 N–H and O–H groups in total. The van der Waals surface area contributed by atoms with Crippen molar-refractivity contribution in [1.82, 2.24) is 5.16 Å². The Kier molecular flexibility index (Phi) is 7.24. The number of aryl methyl sites for hydroxylation is 2. The highest BCUT2D eigenvalue weighted by Gasteiger charge is 2.34.